The van der Waals surface area contributed by atoms with Crippen molar-refractivity contribution in [2.24, 2.45) is 5.92 Å². The van der Waals surface area contributed by atoms with Gasteiger partial charge in [-0.1, -0.05) is 57.9 Å². The number of aryl methyl sites for hydroxylation is 1. The number of esters is 1. The molecule has 1 aromatic heterocycles. The van der Waals surface area contributed by atoms with Crippen LogP contribution in [0.1, 0.15) is 71.9 Å². The van der Waals surface area contributed by atoms with E-state index in [1.807, 2.05) is 62.4 Å². The lowest BCUT2D eigenvalue weighted by molar-refractivity contribution is -0.147. The van der Waals surface area contributed by atoms with E-state index in [9.17, 15) is 14.4 Å². The predicted molar refractivity (Wildman–Crippen MR) is 148 cm³/mol. The molecule has 0 spiro atoms. The van der Waals surface area contributed by atoms with E-state index >= 15 is 0 Å². The predicted octanol–water partition coefficient (Wildman–Crippen LogP) is 5.89. The molecule has 3 aromatic rings. The maximum absolute atomic E-state index is 13.2. The first-order valence-electron chi connectivity index (χ1n) is 13.2. The summed E-state index contributed by atoms with van der Waals surface area (Å²) in [7, 11) is 1.34. The SMILES string of the molecule is CCCCCc1ccc(C(=O)Nc2ccc(-c3ccc4c(c3)C(=O)N([C@H](C(=O)OC)C(C)C)C4)cn2)cc1. The molecule has 0 saturated heterocycles. The Balaban J connectivity index is 1.43. The van der Waals surface area contributed by atoms with Gasteiger partial charge in [0.05, 0.1) is 7.11 Å². The van der Waals surface area contributed by atoms with Crippen LogP contribution in [0.5, 0.6) is 0 Å². The molecule has 0 bridgehead atoms. The molecule has 0 fully saturated rings. The van der Waals surface area contributed by atoms with Crippen molar-refractivity contribution in [3.8, 4) is 11.1 Å². The molecule has 2 heterocycles. The fourth-order valence-electron chi connectivity index (χ4n) is 4.84. The molecule has 1 aliphatic rings. The molecular weight excluding hydrogens is 478 g/mol. The number of nitrogens with one attached hydrogen (secondary N) is 1. The van der Waals surface area contributed by atoms with Crippen LogP contribution in [0.3, 0.4) is 0 Å². The Morgan fingerprint density at radius 2 is 1.76 bits per heavy atom. The monoisotopic (exact) mass is 513 g/mol. The van der Waals surface area contributed by atoms with Crippen LogP contribution in [-0.2, 0) is 22.5 Å². The minimum atomic E-state index is -0.634. The molecule has 0 aliphatic carbocycles. The summed E-state index contributed by atoms with van der Waals surface area (Å²) >= 11 is 0. The van der Waals surface area contributed by atoms with Crippen molar-refractivity contribution in [2.45, 2.75) is 59.0 Å². The van der Waals surface area contributed by atoms with Gasteiger partial charge < -0.3 is 15.0 Å². The number of amides is 2. The molecule has 1 aliphatic heterocycles. The van der Waals surface area contributed by atoms with Crippen LogP contribution < -0.4 is 5.32 Å². The Labute approximate surface area is 224 Å². The lowest BCUT2D eigenvalue weighted by atomic mass is 10.0. The maximum atomic E-state index is 13.2. The summed E-state index contributed by atoms with van der Waals surface area (Å²) in [6, 6.07) is 16.4. The Bertz CT molecular complexity index is 1300. The smallest absolute Gasteiger partial charge is 0.328 e. The second-order valence-corrected chi connectivity index (χ2v) is 10.1. The lowest BCUT2D eigenvalue weighted by Crippen LogP contribution is -2.45. The second kappa shape index (κ2) is 12.0. The molecule has 4 rings (SSSR count). The van der Waals surface area contributed by atoms with E-state index in [2.05, 4.69) is 17.2 Å². The van der Waals surface area contributed by atoms with Gasteiger partial charge in [-0.15, -0.1) is 0 Å². The maximum Gasteiger partial charge on any atom is 0.328 e. The van der Waals surface area contributed by atoms with Crippen molar-refractivity contribution < 1.29 is 19.1 Å². The number of nitrogens with zero attached hydrogens (tertiary/aromatic N) is 2. The fourth-order valence-corrected chi connectivity index (χ4v) is 4.84. The van der Waals surface area contributed by atoms with E-state index in [-0.39, 0.29) is 17.7 Å². The highest BCUT2D eigenvalue weighted by Gasteiger charge is 2.38. The summed E-state index contributed by atoms with van der Waals surface area (Å²) in [5, 5.41) is 2.85. The Kier molecular flexibility index (Phi) is 8.56. The van der Waals surface area contributed by atoms with E-state index in [1.165, 1.54) is 25.5 Å². The molecule has 0 unspecified atom stereocenters. The van der Waals surface area contributed by atoms with Crippen LogP contribution in [0.4, 0.5) is 5.82 Å². The highest BCUT2D eigenvalue weighted by atomic mass is 16.5. The molecule has 1 atom stereocenters. The zero-order valence-corrected chi connectivity index (χ0v) is 22.5. The van der Waals surface area contributed by atoms with Crippen LogP contribution in [0.15, 0.2) is 60.8 Å². The lowest BCUT2D eigenvalue weighted by Gasteiger charge is -2.28. The van der Waals surface area contributed by atoms with E-state index in [0.717, 1.165) is 29.5 Å². The zero-order chi connectivity index (χ0) is 27.2. The quantitative estimate of drug-likeness (QED) is 0.270. The first-order chi connectivity index (χ1) is 18.3. The van der Waals surface area contributed by atoms with Gasteiger partial charge in [0, 0.05) is 29.4 Å². The van der Waals surface area contributed by atoms with Gasteiger partial charge >= 0.3 is 5.97 Å². The van der Waals surface area contributed by atoms with Gasteiger partial charge in [-0.3, -0.25) is 9.59 Å². The van der Waals surface area contributed by atoms with Crippen molar-refractivity contribution in [1.29, 1.82) is 0 Å². The second-order valence-electron chi connectivity index (χ2n) is 10.1. The van der Waals surface area contributed by atoms with Crippen molar-refractivity contribution in [3.63, 3.8) is 0 Å². The first-order valence-corrected chi connectivity index (χ1v) is 13.2. The van der Waals surface area contributed by atoms with Gasteiger partial charge in [0.1, 0.15) is 11.9 Å². The van der Waals surface area contributed by atoms with Crippen molar-refractivity contribution >= 4 is 23.6 Å². The van der Waals surface area contributed by atoms with Crippen molar-refractivity contribution in [3.05, 3.63) is 83.0 Å². The fraction of sp³-hybridized carbons (Fsp3) is 0.355. The summed E-state index contributed by atoms with van der Waals surface area (Å²) in [6.45, 7) is 6.36. The van der Waals surface area contributed by atoms with E-state index < -0.39 is 12.0 Å². The number of hydrogen-bond acceptors (Lipinski definition) is 5. The van der Waals surface area contributed by atoms with Crippen molar-refractivity contribution in [2.75, 3.05) is 12.4 Å². The number of anilines is 1. The molecule has 2 amide bonds. The Morgan fingerprint density at radius 3 is 2.39 bits per heavy atom. The summed E-state index contributed by atoms with van der Waals surface area (Å²) in [5.41, 5.74) is 4.93. The van der Waals surface area contributed by atoms with Crippen LogP contribution >= 0.6 is 0 Å². The number of methoxy groups -OCH3 is 1. The number of benzene rings is 2. The van der Waals surface area contributed by atoms with Crippen LogP contribution in [0.2, 0.25) is 0 Å². The zero-order valence-electron chi connectivity index (χ0n) is 22.5. The number of hydrogen-bond donors (Lipinski definition) is 1. The highest BCUT2D eigenvalue weighted by molar-refractivity contribution is 6.04. The molecule has 7 nitrogen and oxygen atoms in total. The molecule has 7 heteroatoms. The molecule has 198 valence electrons. The number of aromatic nitrogens is 1. The number of rotatable bonds is 10. The molecule has 0 saturated carbocycles. The normalized spacial score (nSPS) is 13.4. The third kappa shape index (κ3) is 5.93. The standard InChI is InChI=1S/C31H35N3O4/c1-5-6-7-8-21-9-11-22(12-10-21)29(35)33-27-16-15-24(18-32-27)23-13-14-25-19-34(30(36)26(25)17-23)28(20(2)3)31(37)38-4/h9-18,20,28H,5-8,19H2,1-4H3,(H,32,33,35)/t28-/m0/s1. The average Bonchev–Trinajstić information content (AvgIpc) is 3.24. The largest absolute Gasteiger partial charge is 0.467 e. The molecule has 2 aromatic carbocycles. The number of unbranched alkanes of at least 4 members (excludes halogenated alkanes) is 2. The van der Waals surface area contributed by atoms with E-state index in [4.69, 9.17) is 4.74 Å². The van der Waals surface area contributed by atoms with Gasteiger partial charge in [0.15, 0.2) is 0 Å². The first kappa shape index (κ1) is 27.0. The number of fused-ring (bicyclic) bond motifs is 1. The third-order valence-corrected chi connectivity index (χ3v) is 6.98. The van der Waals surface area contributed by atoms with Gasteiger partial charge in [-0.05, 0) is 65.8 Å². The highest BCUT2D eigenvalue weighted by Crippen LogP contribution is 2.31. The minimum Gasteiger partial charge on any atom is -0.467 e. The topological polar surface area (TPSA) is 88.6 Å². The third-order valence-electron chi connectivity index (χ3n) is 6.98. The van der Waals surface area contributed by atoms with E-state index in [1.54, 1.807) is 17.2 Å². The number of carbonyl (C=O) groups excluding carboxylic acids is 3. The van der Waals surface area contributed by atoms with Gasteiger partial charge in [-0.25, -0.2) is 9.78 Å². The molecule has 0 radical (unpaired) electrons. The van der Waals surface area contributed by atoms with E-state index in [0.29, 0.717) is 23.5 Å². The molecular formula is C31H35N3O4. The molecule has 1 N–H and O–H groups in total. The van der Waals surface area contributed by atoms with Crippen LogP contribution in [-0.4, -0.2) is 40.8 Å². The van der Waals surface area contributed by atoms with Crippen molar-refractivity contribution in [1.82, 2.24) is 9.88 Å². The minimum absolute atomic E-state index is 0.0733. The van der Waals surface area contributed by atoms with Gasteiger partial charge in [0.2, 0.25) is 0 Å². The van der Waals surface area contributed by atoms with Crippen LogP contribution in [0, 0.1) is 5.92 Å². The van der Waals surface area contributed by atoms with Crippen LogP contribution in [0.25, 0.3) is 11.1 Å². The van der Waals surface area contributed by atoms with Gasteiger partial charge in [0.25, 0.3) is 11.8 Å². The van der Waals surface area contributed by atoms with Gasteiger partial charge in [-0.2, -0.15) is 0 Å². The number of carbonyl (C=O) groups is 3. The average molecular weight is 514 g/mol. The summed E-state index contributed by atoms with van der Waals surface area (Å²) in [6.07, 6.45) is 6.25. The number of ether oxygens (including phenoxy) is 1. The Hall–Kier alpha value is -4.00. The molecule has 38 heavy (non-hydrogen) atoms. The Morgan fingerprint density at radius 1 is 1.03 bits per heavy atom. The summed E-state index contributed by atoms with van der Waals surface area (Å²) in [4.78, 5) is 44.2. The summed E-state index contributed by atoms with van der Waals surface area (Å²) < 4.78 is 4.95. The number of pyridine rings is 1. The summed E-state index contributed by atoms with van der Waals surface area (Å²) in [5.74, 6) is -0.424.